The Bertz CT molecular complexity index is 284. The summed E-state index contributed by atoms with van der Waals surface area (Å²) in [6, 6.07) is 0. The van der Waals surface area contributed by atoms with Gasteiger partial charge in [0.1, 0.15) is 0 Å². The average molecular weight is 276 g/mol. The van der Waals surface area contributed by atoms with Crippen molar-refractivity contribution in [2.75, 3.05) is 6.61 Å². The van der Waals surface area contributed by atoms with Gasteiger partial charge in [-0.25, -0.2) is 0 Å². The maximum atomic E-state index is 8.64. The minimum absolute atomic E-state index is 0.313. The topological polar surface area (TPSA) is 20.2 Å². The first kappa shape index (κ1) is 18.9. The Morgan fingerprint density at radius 2 is 1.05 bits per heavy atom. The SMILES string of the molecule is CCCC/C=C/C/C=C/C/C=C/C/C=C/CCCCO. The molecule has 1 heteroatoms. The monoisotopic (exact) mass is 276 g/mol. The molecule has 0 aromatic carbocycles. The molecule has 0 saturated carbocycles. The minimum atomic E-state index is 0.313. The van der Waals surface area contributed by atoms with Crippen LogP contribution in [-0.2, 0) is 0 Å². The zero-order valence-corrected chi connectivity index (χ0v) is 13.1. The summed E-state index contributed by atoms with van der Waals surface area (Å²) in [5, 5.41) is 8.64. The van der Waals surface area contributed by atoms with E-state index in [9.17, 15) is 0 Å². The van der Waals surface area contributed by atoms with Gasteiger partial charge in [-0.3, -0.25) is 0 Å². The largest absolute Gasteiger partial charge is 0.396 e. The van der Waals surface area contributed by atoms with Gasteiger partial charge in [0, 0.05) is 6.61 Å². The van der Waals surface area contributed by atoms with Crippen LogP contribution in [0.3, 0.4) is 0 Å². The maximum Gasteiger partial charge on any atom is 0.0431 e. The number of hydrogen-bond donors (Lipinski definition) is 1. The van der Waals surface area contributed by atoms with Crippen molar-refractivity contribution < 1.29 is 5.11 Å². The molecule has 1 nitrogen and oxygen atoms in total. The lowest BCUT2D eigenvalue weighted by Gasteiger charge is -1.90. The third-order valence-electron chi connectivity index (χ3n) is 2.99. The number of aliphatic hydroxyl groups excluding tert-OH is 1. The fourth-order valence-electron chi connectivity index (χ4n) is 1.74. The summed E-state index contributed by atoms with van der Waals surface area (Å²) in [5.41, 5.74) is 0. The Morgan fingerprint density at radius 1 is 0.600 bits per heavy atom. The molecule has 0 fully saturated rings. The van der Waals surface area contributed by atoms with Gasteiger partial charge in [0.05, 0.1) is 0 Å². The molecule has 0 aliphatic heterocycles. The van der Waals surface area contributed by atoms with Gasteiger partial charge in [-0.05, 0) is 44.9 Å². The maximum absolute atomic E-state index is 8.64. The second-order valence-corrected chi connectivity index (χ2v) is 4.95. The molecule has 0 radical (unpaired) electrons. The van der Waals surface area contributed by atoms with Gasteiger partial charge in [0.2, 0.25) is 0 Å². The Balaban J connectivity index is 3.36. The molecule has 0 aromatic rings. The summed E-state index contributed by atoms with van der Waals surface area (Å²) in [5.74, 6) is 0. The smallest absolute Gasteiger partial charge is 0.0431 e. The lowest BCUT2D eigenvalue weighted by atomic mass is 10.2. The third kappa shape index (κ3) is 16.9. The van der Waals surface area contributed by atoms with Gasteiger partial charge >= 0.3 is 0 Å². The highest BCUT2D eigenvalue weighted by molar-refractivity contribution is 4.99. The van der Waals surface area contributed by atoms with E-state index in [1.807, 2.05) is 0 Å². The van der Waals surface area contributed by atoms with Crippen LogP contribution in [0.2, 0.25) is 0 Å². The predicted octanol–water partition coefficient (Wildman–Crippen LogP) is 5.73. The first-order valence-electron chi connectivity index (χ1n) is 8.12. The summed E-state index contributed by atoms with van der Waals surface area (Å²) >= 11 is 0. The van der Waals surface area contributed by atoms with E-state index in [1.54, 1.807) is 0 Å². The molecule has 0 aliphatic rings. The number of aliphatic hydroxyl groups is 1. The second kappa shape index (κ2) is 17.9. The summed E-state index contributed by atoms with van der Waals surface area (Å²) in [6.07, 6.45) is 27.8. The Labute approximate surface area is 125 Å². The quantitative estimate of drug-likeness (QED) is 0.336. The van der Waals surface area contributed by atoms with Crippen LogP contribution < -0.4 is 0 Å². The van der Waals surface area contributed by atoms with Gasteiger partial charge < -0.3 is 5.11 Å². The van der Waals surface area contributed by atoms with E-state index in [0.717, 1.165) is 38.5 Å². The normalized spacial score (nSPS) is 12.7. The highest BCUT2D eigenvalue weighted by Gasteiger charge is 1.81. The molecule has 0 atom stereocenters. The predicted molar refractivity (Wildman–Crippen MR) is 90.9 cm³/mol. The molecule has 0 unspecified atom stereocenters. The lowest BCUT2D eigenvalue weighted by molar-refractivity contribution is 0.285. The second-order valence-electron chi connectivity index (χ2n) is 4.95. The van der Waals surface area contributed by atoms with Gasteiger partial charge in [-0.1, -0.05) is 68.4 Å². The Kier molecular flexibility index (Phi) is 17.0. The van der Waals surface area contributed by atoms with Crippen molar-refractivity contribution in [3.05, 3.63) is 48.6 Å². The van der Waals surface area contributed by atoms with E-state index >= 15 is 0 Å². The fraction of sp³-hybridized carbons (Fsp3) is 0.579. The van der Waals surface area contributed by atoms with E-state index in [1.165, 1.54) is 19.3 Å². The highest BCUT2D eigenvalue weighted by atomic mass is 16.2. The van der Waals surface area contributed by atoms with Crippen LogP contribution in [0.25, 0.3) is 0 Å². The molecule has 0 spiro atoms. The minimum Gasteiger partial charge on any atom is -0.396 e. The molecule has 114 valence electrons. The summed E-state index contributed by atoms with van der Waals surface area (Å²) in [6.45, 7) is 2.54. The van der Waals surface area contributed by atoms with Crippen molar-refractivity contribution in [3.63, 3.8) is 0 Å². The van der Waals surface area contributed by atoms with Crippen LogP contribution in [0.15, 0.2) is 48.6 Å². The van der Waals surface area contributed by atoms with Crippen LogP contribution in [-0.4, -0.2) is 11.7 Å². The summed E-state index contributed by atoms with van der Waals surface area (Å²) in [4.78, 5) is 0. The van der Waals surface area contributed by atoms with Gasteiger partial charge in [-0.15, -0.1) is 0 Å². The van der Waals surface area contributed by atoms with Crippen LogP contribution >= 0.6 is 0 Å². The Morgan fingerprint density at radius 3 is 1.50 bits per heavy atom. The molecular formula is C19H32O. The van der Waals surface area contributed by atoms with Crippen LogP contribution in [0.1, 0.15) is 64.7 Å². The molecule has 0 rings (SSSR count). The highest BCUT2D eigenvalue weighted by Crippen LogP contribution is 1.99. The number of hydrogen-bond acceptors (Lipinski definition) is 1. The number of unbranched alkanes of at least 4 members (excludes halogenated alkanes) is 4. The van der Waals surface area contributed by atoms with Crippen molar-refractivity contribution in [2.45, 2.75) is 64.7 Å². The van der Waals surface area contributed by atoms with E-state index in [4.69, 9.17) is 5.11 Å². The molecule has 0 aliphatic carbocycles. The van der Waals surface area contributed by atoms with E-state index < -0.39 is 0 Å². The van der Waals surface area contributed by atoms with Crippen molar-refractivity contribution in [1.29, 1.82) is 0 Å². The van der Waals surface area contributed by atoms with Crippen LogP contribution in [0.4, 0.5) is 0 Å². The van der Waals surface area contributed by atoms with Gasteiger partial charge in [0.25, 0.3) is 0 Å². The Hall–Kier alpha value is -1.08. The lowest BCUT2D eigenvalue weighted by Crippen LogP contribution is -1.79. The summed E-state index contributed by atoms with van der Waals surface area (Å²) < 4.78 is 0. The fourth-order valence-corrected chi connectivity index (χ4v) is 1.74. The first-order chi connectivity index (χ1) is 9.91. The average Bonchev–Trinajstić information content (AvgIpc) is 2.47. The van der Waals surface area contributed by atoms with E-state index in [2.05, 4.69) is 55.5 Å². The number of allylic oxidation sites excluding steroid dienone is 8. The van der Waals surface area contributed by atoms with Crippen molar-refractivity contribution in [2.24, 2.45) is 0 Å². The first-order valence-corrected chi connectivity index (χ1v) is 8.12. The molecule has 0 heterocycles. The van der Waals surface area contributed by atoms with E-state index in [0.29, 0.717) is 6.61 Å². The molecule has 0 aromatic heterocycles. The molecule has 20 heavy (non-hydrogen) atoms. The zero-order chi connectivity index (χ0) is 14.7. The summed E-state index contributed by atoms with van der Waals surface area (Å²) in [7, 11) is 0. The molecule has 0 saturated heterocycles. The van der Waals surface area contributed by atoms with E-state index in [-0.39, 0.29) is 0 Å². The standard InChI is InChI=1S/C19H32O/c1-2-3-4-5-6-7-8-9-10-11-12-13-14-15-16-17-18-19-20/h5-6,8-9,11-12,14-15,20H,2-4,7,10,13,16-19H2,1H3/b6-5+,9-8+,12-11+,15-14+. The van der Waals surface area contributed by atoms with Crippen molar-refractivity contribution in [1.82, 2.24) is 0 Å². The molecule has 1 N–H and O–H groups in total. The molecule has 0 bridgehead atoms. The van der Waals surface area contributed by atoms with Crippen LogP contribution in [0, 0.1) is 0 Å². The molecule has 0 amide bonds. The van der Waals surface area contributed by atoms with Crippen LogP contribution in [0.5, 0.6) is 0 Å². The van der Waals surface area contributed by atoms with Crippen molar-refractivity contribution >= 4 is 0 Å². The van der Waals surface area contributed by atoms with Gasteiger partial charge in [-0.2, -0.15) is 0 Å². The molecular weight excluding hydrogens is 244 g/mol. The third-order valence-corrected chi connectivity index (χ3v) is 2.99. The van der Waals surface area contributed by atoms with Crippen molar-refractivity contribution in [3.8, 4) is 0 Å². The number of rotatable bonds is 13. The van der Waals surface area contributed by atoms with Gasteiger partial charge in [0.15, 0.2) is 0 Å². The zero-order valence-electron chi connectivity index (χ0n) is 13.1.